The number of halogens is 1. The van der Waals surface area contributed by atoms with Gasteiger partial charge in [0.2, 0.25) is 5.91 Å². The molecule has 122 valence electrons. The molecule has 22 heavy (non-hydrogen) atoms. The number of anilines is 1. The van der Waals surface area contributed by atoms with Crippen LogP contribution in [0, 0.1) is 6.92 Å². The van der Waals surface area contributed by atoms with E-state index in [0.29, 0.717) is 31.0 Å². The normalized spacial score (nSPS) is 17.3. The first kappa shape index (κ1) is 18.4. The van der Waals surface area contributed by atoms with Crippen LogP contribution in [0.5, 0.6) is 0 Å². The van der Waals surface area contributed by atoms with Crippen molar-refractivity contribution < 1.29 is 14.3 Å². The third kappa shape index (κ3) is 4.43. The number of ether oxygens (including phenoxy) is 1. The zero-order valence-corrected chi connectivity index (χ0v) is 13.8. The molecule has 1 saturated heterocycles. The Bertz CT molecular complexity index is 543. The van der Waals surface area contributed by atoms with Crippen LogP contribution in [0.25, 0.3) is 0 Å². The third-order valence-corrected chi connectivity index (χ3v) is 3.38. The fourth-order valence-corrected chi connectivity index (χ4v) is 2.13. The molecule has 2 N–H and O–H groups in total. The van der Waals surface area contributed by atoms with Crippen LogP contribution in [-0.2, 0) is 9.53 Å². The highest BCUT2D eigenvalue weighted by atomic mass is 35.5. The van der Waals surface area contributed by atoms with Crippen LogP contribution in [-0.4, -0.2) is 56.6 Å². The van der Waals surface area contributed by atoms with Crippen LogP contribution < -0.4 is 10.6 Å². The zero-order valence-electron chi connectivity index (χ0n) is 13.0. The van der Waals surface area contributed by atoms with Crippen LogP contribution in [0.3, 0.4) is 0 Å². The van der Waals surface area contributed by atoms with Crippen molar-refractivity contribution in [3.63, 3.8) is 0 Å². The van der Waals surface area contributed by atoms with E-state index in [1.165, 1.54) is 4.90 Å². The van der Waals surface area contributed by atoms with E-state index in [0.717, 1.165) is 5.56 Å². The van der Waals surface area contributed by atoms with Crippen LogP contribution in [0.1, 0.15) is 15.9 Å². The van der Waals surface area contributed by atoms with Crippen molar-refractivity contribution >= 4 is 29.9 Å². The quantitative estimate of drug-likeness (QED) is 0.870. The number of nitrogens with zero attached hydrogens (tertiary/aromatic N) is 1. The van der Waals surface area contributed by atoms with Crippen LogP contribution in [0.4, 0.5) is 5.69 Å². The highest BCUT2D eigenvalue weighted by Crippen LogP contribution is 2.17. The van der Waals surface area contributed by atoms with Gasteiger partial charge in [0.25, 0.3) is 5.91 Å². The minimum atomic E-state index is -0.354. The third-order valence-electron chi connectivity index (χ3n) is 3.38. The summed E-state index contributed by atoms with van der Waals surface area (Å²) in [5, 5.41) is 5.91. The van der Waals surface area contributed by atoms with Gasteiger partial charge in [-0.15, -0.1) is 12.4 Å². The van der Waals surface area contributed by atoms with Gasteiger partial charge in [-0.2, -0.15) is 0 Å². The van der Waals surface area contributed by atoms with E-state index in [-0.39, 0.29) is 30.3 Å². The first-order valence-electron chi connectivity index (χ1n) is 6.93. The fourth-order valence-electron chi connectivity index (χ4n) is 2.13. The summed E-state index contributed by atoms with van der Waals surface area (Å²) in [7, 11) is 3.41. The van der Waals surface area contributed by atoms with E-state index in [2.05, 4.69) is 10.6 Å². The molecule has 1 aromatic carbocycles. The van der Waals surface area contributed by atoms with Gasteiger partial charge in [0.05, 0.1) is 13.2 Å². The lowest BCUT2D eigenvalue weighted by Crippen LogP contribution is -2.48. The molecular weight excluding hydrogens is 306 g/mol. The van der Waals surface area contributed by atoms with Crippen molar-refractivity contribution in [1.29, 1.82) is 0 Å². The smallest absolute Gasteiger partial charge is 0.253 e. The van der Waals surface area contributed by atoms with Crippen molar-refractivity contribution in [2.45, 2.75) is 13.0 Å². The molecule has 1 aromatic rings. The Kier molecular flexibility index (Phi) is 6.80. The number of rotatable bonds is 3. The molecule has 0 aliphatic carbocycles. The molecule has 6 nitrogen and oxygen atoms in total. The number of hydrogen-bond donors (Lipinski definition) is 2. The van der Waals surface area contributed by atoms with Crippen LogP contribution in [0.15, 0.2) is 18.2 Å². The summed E-state index contributed by atoms with van der Waals surface area (Å²) >= 11 is 0. The molecule has 0 bridgehead atoms. The predicted molar refractivity (Wildman–Crippen MR) is 87.7 cm³/mol. The van der Waals surface area contributed by atoms with Crippen molar-refractivity contribution in [2.24, 2.45) is 0 Å². The van der Waals surface area contributed by atoms with Crippen molar-refractivity contribution in [1.82, 2.24) is 10.2 Å². The molecule has 1 fully saturated rings. The Morgan fingerprint density at radius 3 is 2.68 bits per heavy atom. The van der Waals surface area contributed by atoms with E-state index in [1.807, 2.05) is 13.0 Å². The van der Waals surface area contributed by atoms with Gasteiger partial charge in [-0.05, 0) is 24.6 Å². The maximum absolute atomic E-state index is 12.1. The van der Waals surface area contributed by atoms with Crippen LogP contribution in [0.2, 0.25) is 0 Å². The summed E-state index contributed by atoms with van der Waals surface area (Å²) in [5.74, 6) is -0.232. The second-order valence-electron chi connectivity index (χ2n) is 5.30. The second-order valence-corrected chi connectivity index (χ2v) is 5.30. The van der Waals surface area contributed by atoms with Gasteiger partial charge in [0, 0.05) is 31.9 Å². The number of morpholine rings is 1. The molecule has 1 unspecified atom stereocenters. The Morgan fingerprint density at radius 1 is 1.36 bits per heavy atom. The molecule has 1 aliphatic rings. The molecule has 1 aliphatic heterocycles. The van der Waals surface area contributed by atoms with Gasteiger partial charge in [-0.25, -0.2) is 0 Å². The van der Waals surface area contributed by atoms with Crippen molar-refractivity contribution in [2.75, 3.05) is 39.2 Å². The monoisotopic (exact) mass is 327 g/mol. The average molecular weight is 328 g/mol. The average Bonchev–Trinajstić information content (AvgIpc) is 2.49. The summed E-state index contributed by atoms with van der Waals surface area (Å²) in [6, 6.07) is 4.98. The Balaban J connectivity index is 0.00000242. The van der Waals surface area contributed by atoms with Gasteiger partial charge in [-0.3, -0.25) is 9.59 Å². The summed E-state index contributed by atoms with van der Waals surface area (Å²) in [6.45, 7) is 3.52. The SMILES string of the molecule is Cc1ccc(NC(=O)C2COCCN2)cc1C(=O)N(C)C.Cl. The number of amides is 2. The highest BCUT2D eigenvalue weighted by Gasteiger charge is 2.21. The van der Waals surface area contributed by atoms with Gasteiger partial charge >= 0.3 is 0 Å². The number of carbonyl (C=O) groups excluding carboxylic acids is 2. The predicted octanol–water partition coefficient (Wildman–Crippen LogP) is 1.05. The molecule has 2 rings (SSSR count). The maximum Gasteiger partial charge on any atom is 0.253 e. The van der Waals surface area contributed by atoms with Crippen molar-refractivity contribution in [3.05, 3.63) is 29.3 Å². The molecular formula is C15H22ClN3O3. The highest BCUT2D eigenvalue weighted by molar-refractivity contribution is 5.99. The van der Waals surface area contributed by atoms with E-state index in [1.54, 1.807) is 26.2 Å². The number of carbonyl (C=O) groups is 2. The molecule has 0 radical (unpaired) electrons. The Hall–Kier alpha value is -1.63. The van der Waals surface area contributed by atoms with E-state index < -0.39 is 0 Å². The number of nitrogens with one attached hydrogen (secondary N) is 2. The first-order valence-corrected chi connectivity index (χ1v) is 6.93. The Morgan fingerprint density at radius 2 is 2.09 bits per heavy atom. The second kappa shape index (κ2) is 8.12. The molecule has 7 heteroatoms. The lowest BCUT2D eigenvalue weighted by molar-refractivity contribution is -0.120. The number of hydrogen-bond acceptors (Lipinski definition) is 4. The molecule has 0 aromatic heterocycles. The fraction of sp³-hybridized carbons (Fsp3) is 0.467. The van der Waals surface area contributed by atoms with Crippen molar-refractivity contribution in [3.8, 4) is 0 Å². The topological polar surface area (TPSA) is 70.7 Å². The van der Waals surface area contributed by atoms with E-state index >= 15 is 0 Å². The summed E-state index contributed by atoms with van der Waals surface area (Å²) in [6.07, 6.45) is 0. The summed E-state index contributed by atoms with van der Waals surface area (Å²) in [4.78, 5) is 25.7. The molecule has 1 atom stereocenters. The minimum Gasteiger partial charge on any atom is -0.378 e. The molecule has 1 heterocycles. The van der Waals surface area contributed by atoms with Crippen LogP contribution >= 0.6 is 12.4 Å². The first-order chi connectivity index (χ1) is 9.99. The van der Waals surface area contributed by atoms with Gasteiger partial charge < -0.3 is 20.3 Å². The summed E-state index contributed by atoms with van der Waals surface area (Å²) in [5.41, 5.74) is 2.08. The lowest BCUT2D eigenvalue weighted by atomic mass is 10.1. The number of benzene rings is 1. The number of aryl methyl sites for hydroxylation is 1. The van der Waals surface area contributed by atoms with Gasteiger partial charge in [0.1, 0.15) is 6.04 Å². The molecule has 0 spiro atoms. The lowest BCUT2D eigenvalue weighted by Gasteiger charge is -2.23. The summed E-state index contributed by atoms with van der Waals surface area (Å²) < 4.78 is 5.27. The zero-order chi connectivity index (χ0) is 15.4. The van der Waals surface area contributed by atoms with E-state index in [4.69, 9.17) is 4.74 Å². The standard InChI is InChI=1S/C15H21N3O3.ClH/c1-10-4-5-11(8-12(10)15(20)18(2)3)17-14(19)13-9-21-7-6-16-13;/h4-5,8,13,16H,6-7,9H2,1-3H3,(H,17,19);1H. The Labute approximate surface area is 136 Å². The van der Waals surface area contributed by atoms with Gasteiger partial charge in [0.15, 0.2) is 0 Å². The van der Waals surface area contributed by atoms with Gasteiger partial charge in [-0.1, -0.05) is 6.07 Å². The molecule has 2 amide bonds. The molecule has 0 saturated carbocycles. The maximum atomic E-state index is 12.1. The largest absolute Gasteiger partial charge is 0.378 e. The minimum absolute atomic E-state index is 0. The van der Waals surface area contributed by atoms with E-state index in [9.17, 15) is 9.59 Å².